The Morgan fingerprint density at radius 1 is 1.33 bits per heavy atom. The van der Waals surface area contributed by atoms with Crippen LogP contribution < -0.4 is 10.6 Å². The quantitative estimate of drug-likeness (QED) is 0.826. The van der Waals surface area contributed by atoms with Crippen molar-refractivity contribution in [2.75, 3.05) is 23.7 Å². The van der Waals surface area contributed by atoms with Gasteiger partial charge in [-0.25, -0.2) is 4.39 Å². The van der Waals surface area contributed by atoms with E-state index in [1.54, 1.807) is 6.07 Å². The summed E-state index contributed by atoms with van der Waals surface area (Å²) in [6.45, 7) is 4.24. The van der Waals surface area contributed by atoms with Crippen LogP contribution in [0.3, 0.4) is 0 Å². The topological polar surface area (TPSA) is 29.3 Å². The molecule has 1 heterocycles. The first-order valence-corrected chi connectivity index (χ1v) is 7.01. The Morgan fingerprint density at radius 2 is 2.17 bits per heavy atom. The molecule has 1 atom stereocenters. The maximum Gasteiger partial charge on any atom is 0.148 e. The van der Waals surface area contributed by atoms with Crippen LogP contribution in [-0.4, -0.2) is 13.1 Å². The molecule has 1 aromatic carbocycles. The van der Waals surface area contributed by atoms with Gasteiger partial charge in [0.2, 0.25) is 0 Å². The number of nitrogens with two attached hydrogens (primary N) is 1. The zero-order valence-corrected chi connectivity index (χ0v) is 11.2. The van der Waals surface area contributed by atoms with Crippen molar-refractivity contribution in [3.63, 3.8) is 0 Å². The Morgan fingerprint density at radius 3 is 2.94 bits per heavy atom. The number of hydrogen-bond donors (Lipinski definition) is 1. The molecule has 1 aromatic rings. The van der Waals surface area contributed by atoms with Crippen LogP contribution in [0.1, 0.15) is 39.0 Å². The van der Waals surface area contributed by atoms with Gasteiger partial charge in [-0.3, -0.25) is 0 Å². The Kier molecular flexibility index (Phi) is 4.45. The third-order valence-corrected chi connectivity index (χ3v) is 3.92. The standard InChI is InChI=1S/C15H23FN2/c1-2-5-12-6-4-10-18(11-9-12)14-8-3-7-13(16)15(14)17/h3,7-8,12H,2,4-6,9-11,17H2,1H3. The molecule has 1 aliphatic heterocycles. The van der Waals surface area contributed by atoms with Crippen LogP contribution >= 0.6 is 0 Å². The van der Waals surface area contributed by atoms with E-state index >= 15 is 0 Å². The molecule has 1 fully saturated rings. The highest BCUT2D eigenvalue weighted by Crippen LogP contribution is 2.30. The predicted octanol–water partition coefficient (Wildman–Crippen LogP) is 3.81. The SMILES string of the molecule is CCCC1CCCN(c2cccc(F)c2N)CC1. The number of para-hydroxylation sites is 1. The maximum atomic E-state index is 13.5. The number of nitrogens with zero attached hydrogens (tertiary/aromatic N) is 1. The lowest BCUT2D eigenvalue weighted by Gasteiger charge is -2.24. The van der Waals surface area contributed by atoms with Crippen LogP contribution in [0.25, 0.3) is 0 Å². The molecule has 2 N–H and O–H groups in total. The van der Waals surface area contributed by atoms with Crippen LogP contribution in [0.5, 0.6) is 0 Å². The minimum Gasteiger partial charge on any atom is -0.395 e. The summed E-state index contributed by atoms with van der Waals surface area (Å²) in [5.74, 6) is 0.525. The van der Waals surface area contributed by atoms with Crippen LogP contribution in [0.15, 0.2) is 18.2 Å². The summed E-state index contributed by atoms with van der Waals surface area (Å²) in [7, 11) is 0. The molecule has 0 saturated carbocycles. The van der Waals surface area contributed by atoms with E-state index in [4.69, 9.17) is 5.73 Å². The molecule has 2 rings (SSSR count). The van der Waals surface area contributed by atoms with Gasteiger partial charge in [0.1, 0.15) is 5.82 Å². The Balaban J connectivity index is 2.07. The van der Waals surface area contributed by atoms with Gasteiger partial charge in [0.15, 0.2) is 0 Å². The number of halogens is 1. The Hall–Kier alpha value is -1.25. The van der Waals surface area contributed by atoms with Crippen LogP contribution in [-0.2, 0) is 0 Å². The summed E-state index contributed by atoms with van der Waals surface area (Å²) in [6, 6.07) is 5.10. The zero-order chi connectivity index (χ0) is 13.0. The van der Waals surface area contributed by atoms with Gasteiger partial charge in [0.05, 0.1) is 11.4 Å². The fraction of sp³-hybridized carbons (Fsp3) is 0.600. The minimum absolute atomic E-state index is 0.298. The second-order valence-corrected chi connectivity index (χ2v) is 5.25. The first-order valence-electron chi connectivity index (χ1n) is 7.01. The van der Waals surface area contributed by atoms with Gasteiger partial charge >= 0.3 is 0 Å². The van der Waals surface area contributed by atoms with Crippen LogP contribution in [0.4, 0.5) is 15.8 Å². The van der Waals surface area contributed by atoms with E-state index in [2.05, 4.69) is 11.8 Å². The molecule has 1 aliphatic rings. The van der Waals surface area contributed by atoms with E-state index in [-0.39, 0.29) is 5.82 Å². The molecule has 100 valence electrons. The number of benzene rings is 1. The number of anilines is 2. The summed E-state index contributed by atoms with van der Waals surface area (Å²) >= 11 is 0. The highest BCUT2D eigenvalue weighted by Gasteiger charge is 2.18. The van der Waals surface area contributed by atoms with Crippen molar-refractivity contribution in [2.45, 2.75) is 39.0 Å². The van der Waals surface area contributed by atoms with Crippen molar-refractivity contribution in [3.8, 4) is 0 Å². The first-order chi connectivity index (χ1) is 8.72. The van der Waals surface area contributed by atoms with Crippen molar-refractivity contribution < 1.29 is 4.39 Å². The molecule has 3 heteroatoms. The van der Waals surface area contributed by atoms with Crippen molar-refractivity contribution >= 4 is 11.4 Å². The van der Waals surface area contributed by atoms with E-state index in [1.807, 2.05) is 6.07 Å². The lowest BCUT2D eigenvalue weighted by Crippen LogP contribution is -2.25. The highest BCUT2D eigenvalue weighted by molar-refractivity contribution is 5.68. The number of hydrogen-bond acceptors (Lipinski definition) is 2. The normalized spacial score (nSPS) is 20.8. The summed E-state index contributed by atoms with van der Waals surface area (Å²) in [5, 5.41) is 0. The average molecular weight is 250 g/mol. The van der Waals surface area contributed by atoms with Gasteiger partial charge in [-0.15, -0.1) is 0 Å². The molecule has 0 spiro atoms. The van der Waals surface area contributed by atoms with Crippen LogP contribution in [0, 0.1) is 11.7 Å². The van der Waals surface area contributed by atoms with Gasteiger partial charge in [-0.05, 0) is 37.3 Å². The van der Waals surface area contributed by atoms with E-state index in [0.29, 0.717) is 5.69 Å². The third kappa shape index (κ3) is 2.95. The van der Waals surface area contributed by atoms with Crippen molar-refractivity contribution in [1.29, 1.82) is 0 Å². The molecule has 0 aromatic heterocycles. The summed E-state index contributed by atoms with van der Waals surface area (Å²) in [5.41, 5.74) is 7.01. The smallest absolute Gasteiger partial charge is 0.148 e. The average Bonchev–Trinajstić information content (AvgIpc) is 2.59. The zero-order valence-electron chi connectivity index (χ0n) is 11.2. The van der Waals surface area contributed by atoms with Crippen LogP contribution in [0.2, 0.25) is 0 Å². The third-order valence-electron chi connectivity index (χ3n) is 3.92. The second-order valence-electron chi connectivity index (χ2n) is 5.25. The molecule has 1 unspecified atom stereocenters. The van der Waals surface area contributed by atoms with Gasteiger partial charge < -0.3 is 10.6 Å². The Bertz CT molecular complexity index is 392. The van der Waals surface area contributed by atoms with Crippen molar-refractivity contribution in [3.05, 3.63) is 24.0 Å². The van der Waals surface area contributed by atoms with Gasteiger partial charge in [0, 0.05) is 13.1 Å². The number of nitrogen functional groups attached to an aromatic ring is 1. The fourth-order valence-electron chi connectivity index (χ4n) is 2.90. The summed E-state index contributed by atoms with van der Waals surface area (Å²) in [4.78, 5) is 2.24. The summed E-state index contributed by atoms with van der Waals surface area (Å²) in [6.07, 6.45) is 6.24. The molecule has 0 bridgehead atoms. The van der Waals surface area contributed by atoms with Gasteiger partial charge in [-0.2, -0.15) is 0 Å². The lowest BCUT2D eigenvalue weighted by molar-refractivity contribution is 0.435. The summed E-state index contributed by atoms with van der Waals surface area (Å²) < 4.78 is 13.5. The molecule has 0 amide bonds. The molecule has 0 radical (unpaired) electrons. The largest absolute Gasteiger partial charge is 0.395 e. The first kappa shape index (κ1) is 13.2. The van der Waals surface area contributed by atoms with Crippen molar-refractivity contribution in [1.82, 2.24) is 0 Å². The maximum absolute atomic E-state index is 13.5. The molecule has 0 aliphatic carbocycles. The second kappa shape index (κ2) is 6.07. The highest BCUT2D eigenvalue weighted by atomic mass is 19.1. The molecule has 18 heavy (non-hydrogen) atoms. The molecular weight excluding hydrogens is 227 g/mol. The number of rotatable bonds is 3. The predicted molar refractivity (Wildman–Crippen MR) is 75.3 cm³/mol. The van der Waals surface area contributed by atoms with Gasteiger partial charge in [0.25, 0.3) is 0 Å². The monoisotopic (exact) mass is 250 g/mol. The van der Waals surface area contributed by atoms with Gasteiger partial charge in [-0.1, -0.05) is 25.8 Å². The molecule has 1 saturated heterocycles. The lowest BCUT2D eigenvalue weighted by atomic mass is 9.96. The Labute approximate surface area is 109 Å². The van der Waals surface area contributed by atoms with E-state index < -0.39 is 0 Å². The fourth-order valence-corrected chi connectivity index (χ4v) is 2.90. The minimum atomic E-state index is -0.304. The van der Waals surface area contributed by atoms with E-state index in [1.165, 1.54) is 38.2 Å². The van der Waals surface area contributed by atoms with E-state index in [0.717, 1.165) is 24.7 Å². The molecule has 2 nitrogen and oxygen atoms in total. The van der Waals surface area contributed by atoms with Crippen molar-refractivity contribution in [2.24, 2.45) is 5.92 Å². The molecular formula is C15H23FN2. The van der Waals surface area contributed by atoms with E-state index in [9.17, 15) is 4.39 Å².